The van der Waals surface area contributed by atoms with Gasteiger partial charge in [0.15, 0.2) is 0 Å². The van der Waals surface area contributed by atoms with Gasteiger partial charge in [-0.05, 0) is 24.3 Å². The first kappa shape index (κ1) is 15.5. The average molecular weight is 358 g/mol. The van der Waals surface area contributed by atoms with Crippen LogP contribution in [-0.4, -0.2) is 20.7 Å². The number of thiazole rings is 1. The average Bonchev–Trinajstić information content (AvgIpc) is 3.35. The van der Waals surface area contributed by atoms with Crippen molar-refractivity contribution in [3.63, 3.8) is 0 Å². The zero-order valence-electron chi connectivity index (χ0n) is 13.1. The van der Waals surface area contributed by atoms with Crippen molar-refractivity contribution in [1.82, 2.24) is 14.8 Å². The Morgan fingerprint density at radius 1 is 1.29 bits per heavy atom. The number of hydrogen-bond acceptors (Lipinski definition) is 5. The van der Waals surface area contributed by atoms with Crippen LogP contribution in [0.2, 0.25) is 0 Å². The predicted octanol–water partition coefficient (Wildman–Crippen LogP) is 4.36. The third-order valence-electron chi connectivity index (χ3n) is 4.23. The van der Waals surface area contributed by atoms with E-state index in [1.54, 1.807) is 28.9 Å². The molecule has 3 aromatic rings. The fourth-order valence-electron chi connectivity index (χ4n) is 3.11. The van der Waals surface area contributed by atoms with E-state index in [1.807, 2.05) is 33.6 Å². The van der Waals surface area contributed by atoms with Crippen molar-refractivity contribution in [2.45, 2.75) is 38.1 Å². The highest BCUT2D eigenvalue weighted by Gasteiger charge is 2.20. The Kier molecular flexibility index (Phi) is 4.44. The molecule has 0 spiro atoms. The van der Waals surface area contributed by atoms with Crippen LogP contribution in [0.15, 0.2) is 35.2 Å². The Balaban J connectivity index is 1.41. The van der Waals surface area contributed by atoms with Crippen molar-refractivity contribution in [3.05, 3.63) is 40.8 Å². The van der Waals surface area contributed by atoms with Crippen molar-refractivity contribution in [3.8, 4) is 9.88 Å². The molecule has 5 nitrogen and oxygen atoms in total. The minimum atomic E-state index is -0.0437. The summed E-state index contributed by atoms with van der Waals surface area (Å²) in [5, 5.41) is 12.3. The van der Waals surface area contributed by atoms with Gasteiger partial charge in [-0.1, -0.05) is 18.9 Å². The standard InChI is InChI=1S/C17H18N4OS2/c22-16(10-12-11-24-17(19-12)14-6-3-9-23-14)20-15-7-8-18-21(15)13-4-1-2-5-13/h3,6-9,11,13H,1-2,4-5,10H2,(H,20,22). The lowest BCUT2D eigenvalue weighted by molar-refractivity contribution is -0.115. The number of hydrogen-bond donors (Lipinski definition) is 1. The molecule has 1 amide bonds. The maximum absolute atomic E-state index is 12.4. The van der Waals surface area contributed by atoms with E-state index in [1.165, 1.54) is 12.8 Å². The van der Waals surface area contributed by atoms with E-state index in [9.17, 15) is 4.79 Å². The summed E-state index contributed by atoms with van der Waals surface area (Å²) in [6.07, 6.45) is 6.80. The Hall–Kier alpha value is -1.99. The summed E-state index contributed by atoms with van der Waals surface area (Å²) in [5.41, 5.74) is 0.813. The molecule has 1 aliphatic carbocycles. The SMILES string of the molecule is O=C(Cc1csc(-c2cccs2)n1)Nc1ccnn1C1CCCC1. The van der Waals surface area contributed by atoms with Gasteiger partial charge in [0.25, 0.3) is 0 Å². The number of carbonyl (C=O) groups is 1. The summed E-state index contributed by atoms with van der Waals surface area (Å²) in [7, 11) is 0. The predicted molar refractivity (Wildman–Crippen MR) is 97.5 cm³/mol. The second kappa shape index (κ2) is 6.86. The highest BCUT2D eigenvalue weighted by Crippen LogP contribution is 2.31. The summed E-state index contributed by atoms with van der Waals surface area (Å²) in [4.78, 5) is 18.1. The first-order valence-corrected chi connectivity index (χ1v) is 9.87. The Morgan fingerprint density at radius 2 is 2.17 bits per heavy atom. The molecule has 1 saturated carbocycles. The topological polar surface area (TPSA) is 59.8 Å². The second-order valence-electron chi connectivity index (χ2n) is 5.95. The number of aromatic nitrogens is 3. The Bertz CT molecular complexity index is 815. The molecule has 3 heterocycles. The molecule has 0 saturated heterocycles. The van der Waals surface area contributed by atoms with Gasteiger partial charge < -0.3 is 5.32 Å². The van der Waals surface area contributed by atoms with Gasteiger partial charge in [0.05, 0.1) is 29.2 Å². The summed E-state index contributed by atoms with van der Waals surface area (Å²) < 4.78 is 1.96. The van der Waals surface area contributed by atoms with Crippen LogP contribution in [-0.2, 0) is 11.2 Å². The highest BCUT2D eigenvalue weighted by atomic mass is 32.1. The molecule has 0 bridgehead atoms. The minimum Gasteiger partial charge on any atom is -0.311 e. The van der Waals surface area contributed by atoms with Crippen LogP contribution >= 0.6 is 22.7 Å². The minimum absolute atomic E-state index is 0.0437. The maximum Gasteiger partial charge on any atom is 0.231 e. The molecular formula is C17H18N4OS2. The van der Waals surface area contributed by atoms with E-state index in [0.717, 1.165) is 34.2 Å². The van der Waals surface area contributed by atoms with Crippen LogP contribution in [0.25, 0.3) is 9.88 Å². The molecule has 0 unspecified atom stereocenters. The van der Waals surface area contributed by atoms with Crippen LogP contribution in [0.5, 0.6) is 0 Å². The molecular weight excluding hydrogens is 340 g/mol. The molecule has 0 aromatic carbocycles. The van der Waals surface area contributed by atoms with Crippen molar-refractivity contribution >= 4 is 34.4 Å². The molecule has 0 radical (unpaired) electrons. The molecule has 124 valence electrons. The number of nitrogens with zero attached hydrogens (tertiary/aromatic N) is 3. The van der Waals surface area contributed by atoms with Crippen LogP contribution in [0.1, 0.15) is 37.4 Å². The fourth-order valence-corrected chi connectivity index (χ4v) is 4.74. The molecule has 7 heteroatoms. The number of thiophene rings is 1. The highest BCUT2D eigenvalue weighted by molar-refractivity contribution is 7.20. The van der Waals surface area contributed by atoms with Gasteiger partial charge in [0, 0.05) is 11.4 Å². The molecule has 0 atom stereocenters. The monoisotopic (exact) mass is 358 g/mol. The quantitative estimate of drug-likeness (QED) is 0.737. The number of nitrogens with one attached hydrogen (secondary N) is 1. The number of anilines is 1. The van der Waals surface area contributed by atoms with Crippen molar-refractivity contribution in [2.24, 2.45) is 0 Å². The molecule has 1 aliphatic rings. The van der Waals surface area contributed by atoms with E-state index >= 15 is 0 Å². The van der Waals surface area contributed by atoms with Gasteiger partial charge in [-0.15, -0.1) is 22.7 Å². The largest absolute Gasteiger partial charge is 0.311 e. The summed E-state index contributed by atoms with van der Waals surface area (Å²) in [6, 6.07) is 6.35. The second-order valence-corrected chi connectivity index (χ2v) is 7.75. The number of carbonyl (C=O) groups excluding carboxylic acids is 1. The summed E-state index contributed by atoms with van der Waals surface area (Å²) >= 11 is 3.25. The van der Waals surface area contributed by atoms with E-state index in [2.05, 4.69) is 15.4 Å². The lowest BCUT2D eigenvalue weighted by atomic mass is 10.2. The van der Waals surface area contributed by atoms with Gasteiger partial charge in [-0.3, -0.25) is 4.79 Å². The summed E-state index contributed by atoms with van der Waals surface area (Å²) in [6.45, 7) is 0. The van der Waals surface area contributed by atoms with E-state index in [0.29, 0.717) is 6.04 Å². The van der Waals surface area contributed by atoms with Crippen LogP contribution in [0, 0.1) is 0 Å². The first-order chi connectivity index (χ1) is 11.8. The molecule has 24 heavy (non-hydrogen) atoms. The van der Waals surface area contributed by atoms with Gasteiger partial charge in [-0.25, -0.2) is 9.67 Å². The number of amides is 1. The first-order valence-electron chi connectivity index (χ1n) is 8.11. The molecule has 4 rings (SSSR count). The van der Waals surface area contributed by atoms with Crippen LogP contribution in [0.3, 0.4) is 0 Å². The van der Waals surface area contributed by atoms with Gasteiger partial charge in [0.2, 0.25) is 5.91 Å². The maximum atomic E-state index is 12.4. The van der Waals surface area contributed by atoms with Crippen molar-refractivity contribution < 1.29 is 4.79 Å². The van der Waals surface area contributed by atoms with E-state index < -0.39 is 0 Å². The Labute approximate surface area is 148 Å². The zero-order valence-corrected chi connectivity index (χ0v) is 14.8. The molecule has 1 fully saturated rings. The van der Waals surface area contributed by atoms with Crippen molar-refractivity contribution in [1.29, 1.82) is 0 Å². The zero-order chi connectivity index (χ0) is 16.4. The van der Waals surface area contributed by atoms with Crippen LogP contribution < -0.4 is 5.32 Å². The van der Waals surface area contributed by atoms with E-state index in [4.69, 9.17) is 0 Å². The molecule has 0 aliphatic heterocycles. The van der Waals surface area contributed by atoms with Gasteiger partial charge >= 0.3 is 0 Å². The molecule has 1 N–H and O–H groups in total. The summed E-state index contributed by atoms with van der Waals surface area (Å²) in [5.74, 6) is 0.749. The number of rotatable bonds is 5. The third kappa shape index (κ3) is 3.27. The van der Waals surface area contributed by atoms with Crippen molar-refractivity contribution in [2.75, 3.05) is 5.32 Å². The fraction of sp³-hybridized carbons (Fsp3) is 0.353. The molecule has 3 aromatic heterocycles. The smallest absolute Gasteiger partial charge is 0.231 e. The Morgan fingerprint density at radius 3 is 2.96 bits per heavy atom. The van der Waals surface area contributed by atoms with Gasteiger partial charge in [-0.2, -0.15) is 5.10 Å². The van der Waals surface area contributed by atoms with Gasteiger partial charge in [0.1, 0.15) is 10.8 Å². The van der Waals surface area contributed by atoms with Crippen LogP contribution in [0.4, 0.5) is 5.82 Å². The lowest BCUT2D eigenvalue weighted by Crippen LogP contribution is -2.19. The third-order valence-corrected chi connectivity index (χ3v) is 6.16. The van der Waals surface area contributed by atoms with E-state index in [-0.39, 0.29) is 12.3 Å². The lowest BCUT2D eigenvalue weighted by Gasteiger charge is -2.14. The normalized spacial score (nSPS) is 15.0.